The minimum absolute atomic E-state index is 0.958. The van der Waals surface area contributed by atoms with Crippen LogP contribution >= 0.6 is 0 Å². The number of nitrogens with zero attached hydrogens (tertiary/aromatic N) is 1. The van der Waals surface area contributed by atoms with Crippen LogP contribution in [0.5, 0.6) is 0 Å². The highest BCUT2D eigenvalue weighted by molar-refractivity contribution is 5.26. The molecule has 0 atom stereocenters. The van der Waals surface area contributed by atoms with Gasteiger partial charge in [-0.1, -0.05) is 36.8 Å². The van der Waals surface area contributed by atoms with Crippen LogP contribution < -0.4 is 5.32 Å². The molecule has 0 aliphatic carbocycles. The highest BCUT2D eigenvalue weighted by atomic mass is 15.0. The summed E-state index contributed by atoms with van der Waals surface area (Å²) >= 11 is 0. The third-order valence-electron chi connectivity index (χ3n) is 3.35. The van der Waals surface area contributed by atoms with E-state index in [9.17, 15) is 0 Å². The van der Waals surface area contributed by atoms with Gasteiger partial charge in [0.25, 0.3) is 0 Å². The first-order valence-electron chi connectivity index (χ1n) is 6.61. The van der Waals surface area contributed by atoms with Crippen LogP contribution in [0.25, 0.3) is 0 Å². The number of aromatic nitrogens is 1. The van der Waals surface area contributed by atoms with Crippen LogP contribution in [0, 0.1) is 13.8 Å². The zero-order valence-electron chi connectivity index (χ0n) is 11.5. The third-order valence-corrected chi connectivity index (χ3v) is 3.35. The van der Waals surface area contributed by atoms with Gasteiger partial charge < -0.3 is 9.88 Å². The van der Waals surface area contributed by atoms with Crippen molar-refractivity contribution in [2.45, 2.75) is 33.9 Å². The number of aryl methyl sites for hydroxylation is 1. The predicted octanol–water partition coefficient (Wildman–Crippen LogP) is 3.26. The molecule has 0 fully saturated rings. The molecule has 2 aromatic rings. The van der Waals surface area contributed by atoms with E-state index in [1.807, 2.05) is 0 Å². The Labute approximate surface area is 110 Å². The standard InChI is InChI=1S/C16H22N2/c1-4-17-11-16-8-9-18(14(16)3)12-15-7-5-6-13(2)10-15/h5-10,17H,4,11-12H2,1-3H3. The summed E-state index contributed by atoms with van der Waals surface area (Å²) in [4.78, 5) is 0. The second kappa shape index (κ2) is 5.87. The predicted molar refractivity (Wildman–Crippen MR) is 76.8 cm³/mol. The molecular weight excluding hydrogens is 220 g/mol. The summed E-state index contributed by atoms with van der Waals surface area (Å²) in [6, 6.07) is 10.9. The van der Waals surface area contributed by atoms with Crippen molar-refractivity contribution < 1.29 is 0 Å². The number of nitrogens with one attached hydrogen (secondary N) is 1. The van der Waals surface area contributed by atoms with E-state index in [0.717, 1.165) is 19.6 Å². The van der Waals surface area contributed by atoms with Crippen molar-refractivity contribution >= 4 is 0 Å². The smallest absolute Gasteiger partial charge is 0.0472 e. The number of rotatable bonds is 5. The summed E-state index contributed by atoms with van der Waals surface area (Å²) in [5.74, 6) is 0. The molecule has 1 aromatic carbocycles. The first-order valence-corrected chi connectivity index (χ1v) is 6.61. The average molecular weight is 242 g/mol. The summed E-state index contributed by atoms with van der Waals surface area (Å²) in [5, 5.41) is 3.38. The molecule has 18 heavy (non-hydrogen) atoms. The fraction of sp³-hybridized carbons (Fsp3) is 0.375. The summed E-state index contributed by atoms with van der Waals surface area (Å²) < 4.78 is 2.32. The van der Waals surface area contributed by atoms with Crippen molar-refractivity contribution in [3.63, 3.8) is 0 Å². The Balaban J connectivity index is 2.12. The number of hydrogen-bond acceptors (Lipinski definition) is 1. The van der Waals surface area contributed by atoms with Gasteiger partial charge in [-0.3, -0.25) is 0 Å². The monoisotopic (exact) mass is 242 g/mol. The van der Waals surface area contributed by atoms with Crippen LogP contribution in [0.1, 0.15) is 29.3 Å². The molecule has 0 radical (unpaired) electrons. The second-order valence-electron chi connectivity index (χ2n) is 4.82. The van der Waals surface area contributed by atoms with E-state index in [2.05, 4.69) is 67.2 Å². The minimum atomic E-state index is 0.958. The lowest BCUT2D eigenvalue weighted by Gasteiger charge is -2.09. The molecule has 0 aliphatic rings. The van der Waals surface area contributed by atoms with Gasteiger partial charge in [0.2, 0.25) is 0 Å². The Morgan fingerprint density at radius 1 is 1.17 bits per heavy atom. The van der Waals surface area contributed by atoms with Crippen molar-refractivity contribution in [1.29, 1.82) is 0 Å². The summed E-state index contributed by atoms with van der Waals surface area (Å²) in [7, 11) is 0. The normalized spacial score (nSPS) is 10.8. The quantitative estimate of drug-likeness (QED) is 0.851. The van der Waals surface area contributed by atoms with Gasteiger partial charge >= 0.3 is 0 Å². The van der Waals surface area contributed by atoms with Gasteiger partial charge in [0.15, 0.2) is 0 Å². The SMILES string of the molecule is CCNCc1ccn(Cc2cccc(C)c2)c1C. The van der Waals surface area contributed by atoms with Gasteiger partial charge in [0.1, 0.15) is 0 Å². The highest BCUT2D eigenvalue weighted by Gasteiger charge is 2.04. The van der Waals surface area contributed by atoms with Gasteiger partial charge in [0.05, 0.1) is 0 Å². The largest absolute Gasteiger partial charge is 0.347 e. The molecule has 1 aromatic heterocycles. The zero-order valence-corrected chi connectivity index (χ0v) is 11.5. The molecule has 0 saturated carbocycles. The summed E-state index contributed by atoms with van der Waals surface area (Å²) in [6.07, 6.45) is 2.18. The van der Waals surface area contributed by atoms with E-state index in [4.69, 9.17) is 0 Å². The molecule has 0 bridgehead atoms. The van der Waals surface area contributed by atoms with Crippen LogP contribution in [0.15, 0.2) is 36.5 Å². The Bertz CT molecular complexity index is 512. The lowest BCUT2D eigenvalue weighted by atomic mass is 10.1. The maximum atomic E-state index is 3.38. The molecular formula is C16H22N2. The summed E-state index contributed by atoms with van der Waals surface area (Å²) in [6.45, 7) is 9.41. The molecule has 0 aliphatic heterocycles. The molecule has 2 heteroatoms. The van der Waals surface area contributed by atoms with E-state index in [0.29, 0.717) is 0 Å². The van der Waals surface area contributed by atoms with E-state index in [-0.39, 0.29) is 0 Å². The van der Waals surface area contributed by atoms with Gasteiger partial charge in [-0.15, -0.1) is 0 Å². The number of benzene rings is 1. The van der Waals surface area contributed by atoms with Crippen molar-refractivity contribution in [2.75, 3.05) is 6.54 Å². The van der Waals surface area contributed by atoms with Crippen LogP contribution in [-0.4, -0.2) is 11.1 Å². The van der Waals surface area contributed by atoms with Crippen molar-refractivity contribution in [3.05, 3.63) is 58.9 Å². The van der Waals surface area contributed by atoms with Gasteiger partial charge in [0, 0.05) is 25.0 Å². The number of hydrogen-bond donors (Lipinski definition) is 1. The van der Waals surface area contributed by atoms with Crippen LogP contribution in [0.2, 0.25) is 0 Å². The Morgan fingerprint density at radius 3 is 2.72 bits per heavy atom. The zero-order chi connectivity index (χ0) is 13.0. The fourth-order valence-corrected chi connectivity index (χ4v) is 2.22. The Hall–Kier alpha value is -1.54. The minimum Gasteiger partial charge on any atom is -0.347 e. The van der Waals surface area contributed by atoms with Crippen molar-refractivity contribution in [1.82, 2.24) is 9.88 Å². The van der Waals surface area contributed by atoms with Gasteiger partial charge in [-0.05, 0) is 37.6 Å². The van der Waals surface area contributed by atoms with E-state index >= 15 is 0 Å². The Morgan fingerprint density at radius 2 is 2.00 bits per heavy atom. The maximum absolute atomic E-state index is 3.38. The first kappa shape index (κ1) is 12.9. The van der Waals surface area contributed by atoms with E-state index in [1.54, 1.807) is 0 Å². The topological polar surface area (TPSA) is 17.0 Å². The Kier molecular flexibility index (Phi) is 4.21. The summed E-state index contributed by atoms with van der Waals surface area (Å²) in [5.41, 5.74) is 5.44. The van der Waals surface area contributed by atoms with Crippen LogP contribution in [-0.2, 0) is 13.1 Å². The lowest BCUT2D eigenvalue weighted by molar-refractivity contribution is 0.710. The average Bonchev–Trinajstić information content (AvgIpc) is 2.69. The lowest BCUT2D eigenvalue weighted by Crippen LogP contribution is -2.12. The molecule has 2 rings (SSSR count). The maximum Gasteiger partial charge on any atom is 0.0472 e. The molecule has 0 saturated heterocycles. The van der Waals surface area contributed by atoms with Crippen molar-refractivity contribution in [3.8, 4) is 0 Å². The van der Waals surface area contributed by atoms with E-state index < -0.39 is 0 Å². The van der Waals surface area contributed by atoms with Crippen LogP contribution in [0.4, 0.5) is 0 Å². The van der Waals surface area contributed by atoms with Gasteiger partial charge in [-0.25, -0.2) is 0 Å². The second-order valence-corrected chi connectivity index (χ2v) is 4.82. The van der Waals surface area contributed by atoms with Crippen LogP contribution in [0.3, 0.4) is 0 Å². The van der Waals surface area contributed by atoms with Gasteiger partial charge in [-0.2, -0.15) is 0 Å². The molecule has 1 heterocycles. The third kappa shape index (κ3) is 3.02. The molecule has 0 amide bonds. The van der Waals surface area contributed by atoms with E-state index in [1.165, 1.54) is 22.4 Å². The molecule has 2 nitrogen and oxygen atoms in total. The molecule has 1 N–H and O–H groups in total. The highest BCUT2D eigenvalue weighted by Crippen LogP contribution is 2.13. The fourth-order valence-electron chi connectivity index (χ4n) is 2.22. The molecule has 96 valence electrons. The van der Waals surface area contributed by atoms with Crippen molar-refractivity contribution in [2.24, 2.45) is 0 Å². The molecule has 0 unspecified atom stereocenters. The first-order chi connectivity index (χ1) is 8.70. The molecule has 0 spiro atoms.